The van der Waals surface area contributed by atoms with E-state index in [4.69, 9.17) is 9.47 Å². The molecule has 2 amide bonds. The first-order chi connectivity index (χ1) is 21.4. The third-order valence-corrected chi connectivity index (χ3v) is 8.02. The number of hydrogen-bond acceptors (Lipinski definition) is 5. The van der Waals surface area contributed by atoms with Crippen molar-refractivity contribution in [2.45, 2.75) is 89.4 Å². The van der Waals surface area contributed by atoms with Gasteiger partial charge < -0.3 is 20.1 Å². The van der Waals surface area contributed by atoms with Gasteiger partial charge in [-0.1, -0.05) is 61.4 Å². The van der Waals surface area contributed by atoms with Gasteiger partial charge in [0.25, 0.3) is 5.91 Å². The number of nitrogens with zero attached hydrogens (tertiary/aromatic N) is 1. The van der Waals surface area contributed by atoms with E-state index in [9.17, 15) is 19.2 Å². The fourth-order valence-corrected chi connectivity index (χ4v) is 5.82. The minimum absolute atomic E-state index is 0.186. The van der Waals surface area contributed by atoms with Crippen molar-refractivity contribution in [1.29, 1.82) is 5.26 Å². The van der Waals surface area contributed by atoms with E-state index in [2.05, 4.69) is 16.7 Å². The van der Waals surface area contributed by atoms with Gasteiger partial charge in [0, 0.05) is 12.1 Å². The Kier molecular flexibility index (Phi) is 11.0. The van der Waals surface area contributed by atoms with Crippen LogP contribution in [0.1, 0.15) is 86.0 Å². The van der Waals surface area contributed by atoms with Crippen LogP contribution in [0.4, 0.5) is 9.18 Å². The Balaban J connectivity index is 1.51. The highest BCUT2D eigenvalue weighted by Crippen LogP contribution is 2.41. The number of alkyl carbamates (subject to hydrolysis) is 1. The highest BCUT2D eigenvalue weighted by molar-refractivity contribution is 5.94. The SMILES string of the molecule is CC(COCc1cc(C(=O)NCCc2ccc(F)cc2)cc(C2(C#N)CCCC2)c1)(Cc1ccccc1)NC(=O)OC(C)(C)C. The number of nitriles is 1. The Bertz CT molecular complexity index is 1490. The van der Waals surface area contributed by atoms with Gasteiger partial charge in [0.1, 0.15) is 11.4 Å². The van der Waals surface area contributed by atoms with E-state index >= 15 is 0 Å². The Labute approximate surface area is 266 Å². The monoisotopic (exact) mass is 613 g/mol. The molecule has 238 valence electrons. The normalized spacial score (nSPS) is 15.5. The van der Waals surface area contributed by atoms with Gasteiger partial charge in [-0.05, 0) is 99.9 Å². The van der Waals surface area contributed by atoms with Crippen LogP contribution in [0.3, 0.4) is 0 Å². The van der Waals surface area contributed by atoms with Gasteiger partial charge in [-0.3, -0.25) is 4.79 Å². The lowest BCUT2D eigenvalue weighted by molar-refractivity contribution is 0.0287. The highest BCUT2D eigenvalue weighted by Gasteiger charge is 2.37. The van der Waals surface area contributed by atoms with Crippen molar-refractivity contribution < 1.29 is 23.5 Å². The Morgan fingerprint density at radius 3 is 2.27 bits per heavy atom. The molecule has 0 spiro atoms. The van der Waals surface area contributed by atoms with Crippen LogP contribution in [0.2, 0.25) is 0 Å². The molecule has 3 aromatic rings. The quantitative estimate of drug-likeness (QED) is 0.226. The van der Waals surface area contributed by atoms with Crippen molar-refractivity contribution in [2.24, 2.45) is 0 Å². The number of carbonyl (C=O) groups excluding carboxylic acids is 2. The molecule has 8 heteroatoms. The van der Waals surface area contributed by atoms with Crippen molar-refractivity contribution in [2.75, 3.05) is 13.2 Å². The minimum Gasteiger partial charge on any atom is -0.444 e. The fourth-order valence-electron chi connectivity index (χ4n) is 5.82. The third kappa shape index (κ3) is 9.89. The van der Waals surface area contributed by atoms with Gasteiger partial charge >= 0.3 is 6.09 Å². The molecule has 0 saturated heterocycles. The molecule has 4 rings (SSSR count). The molecular weight excluding hydrogens is 569 g/mol. The summed E-state index contributed by atoms with van der Waals surface area (Å²) < 4.78 is 25.0. The lowest BCUT2D eigenvalue weighted by atomic mass is 9.79. The summed E-state index contributed by atoms with van der Waals surface area (Å²) in [5.74, 6) is -0.541. The second-order valence-corrected chi connectivity index (χ2v) is 13.3. The van der Waals surface area contributed by atoms with E-state index < -0.39 is 22.6 Å². The van der Waals surface area contributed by atoms with Crippen molar-refractivity contribution in [1.82, 2.24) is 10.6 Å². The second-order valence-electron chi connectivity index (χ2n) is 13.3. The molecule has 1 unspecified atom stereocenters. The van der Waals surface area contributed by atoms with Crippen molar-refractivity contribution >= 4 is 12.0 Å². The largest absolute Gasteiger partial charge is 0.444 e. The molecule has 1 aliphatic carbocycles. The van der Waals surface area contributed by atoms with Crippen molar-refractivity contribution in [3.63, 3.8) is 0 Å². The van der Waals surface area contributed by atoms with Gasteiger partial charge in [-0.2, -0.15) is 5.26 Å². The van der Waals surface area contributed by atoms with Gasteiger partial charge in [-0.25, -0.2) is 9.18 Å². The van der Waals surface area contributed by atoms with Crippen LogP contribution in [0.5, 0.6) is 0 Å². The molecule has 1 saturated carbocycles. The van der Waals surface area contributed by atoms with E-state index in [0.717, 1.165) is 47.9 Å². The summed E-state index contributed by atoms with van der Waals surface area (Å²) >= 11 is 0. The summed E-state index contributed by atoms with van der Waals surface area (Å²) in [5.41, 5.74) is 1.96. The number of halogens is 1. The Morgan fingerprint density at radius 1 is 0.933 bits per heavy atom. The molecule has 0 heterocycles. The zero-order chi connectivity index (χ0) is 32.5. The smallest absolute Gasteiger partial charge is 0.408 e. The number of benzene rings is 3. The van der Waals surface area contributed by atoms with E-state index in [1.807, 2.05) is 70.2 Å². The van der Waals surface area contributed by atoms with Crippen LogP contribution >= 0.6 is 0 Å². The first-order valence-corrected chi connectivity index (χ1v) is 15.6. The Morgan fingerprint density at radius 2 is 1.62 bits per heavy atom. The molecule has 0 bridgehead atoms. The van der Waals surface area contributed by atoms with E-state index in [0.29, 0.717) is 24.9 Å². The van der Waals surface area contributed by atoms with Gasteiger partial charge in [-0.15, -0.1) is 0 Å². The maximum absolute atomic E-state index is 13.3. The number of nitrogens with one attached hydrogen (secondary N) is 2. The molecule has 1 fully saturated rings. The van der Waals surface area contributed by atoms with Crippen LogP contribution in [0.25, 0.3) is 0 Å². The minimum atomic E-state index is -0.777. The van der Waals surface area contributed by atoms with E-state index in [-0.39, 0.29) is 24.9 Å². The standard InChI is InChI=1S/C37H44FN3O4/c1-35(2,3)45-34(43)41-36(4,23-28-10-6-5-7-11-28)26-44-24-29-20-30(22-31(21-29)37(25-39)17-8-9-18-37)33(42)40-19-16-27-12-14-32(38)15-13-27/h5-7,10-15,20-22H,8-9,16-19,23-24,26H2,1-4H3,(H,40,42)(H,41,43). The van der Waals surface area contributed by atoms with Crippen molar-refractivity contribution in [3.05, 3.63) is 106 Å². The number of amides is 2. The van der Waals surface area contributed by atoms with Gasteiger partial charge in [0.05, 0.1) is 30.2 Å². The fraction of sp³-hybridized carbons (Fsp3) is 0.432. The average Bonchev–Trinajstić information content (AvgIpc) is 3.48. The van der Waals surface area contributed by atoms with Crippen LogP contribution in [0, 0.1) is 17.1 Å². The van der Waals surface area contributed by atoms with Crippen LogP contribution in [-0.4, -0.2) is 36.3 Å². The highest BCUT2D eigenvalue weighted by atomic mass is 19.1. The molecule has 3 aromatic carbocycles. The maximum Gasteiger partial charge on any atom is 0.408 e. The molecule has 0 radical (unpaired) electrons. The summed E-state index contributed by atoms with van der Waals surface area (Å²) in [5, 5.41) is 16.2. The Hall–Kier alpha value is -4.22. The molecule has 0 aromatic heterocycles. The van der Waals surface area contributed by atoms with Gasteiger partial charge in [0.2, 0.25) is 0 Å². The first-order valence-electron chi connectivity index (χ1n) is 15.6. The topological polar surface area (TPSA) is 100 Å². The van der Waals surface area contributed by atoms with Crippen LogP contribution in [0.15, 0.2) is 72.8 Å². The first kappa shape index (κ1) is 33.7. The second kappa shape index (κ2) is 14.7. The molecular formula is C37H44FN3O4. The molecule has 0 aliphatic heterocycles. The number of rotatable bonds is 12. The van der Waals surface area contributed by atoms with Gasteiger partial charge in [0.15, 0.2) is 0 Å². The number of hydrogen-bond donors (Lipinski definition) is 2. The average molecular weight is 614 g/mol. The molecule has 2 N–H and O–H groups in total. The summed E-state index contributed by atoms with van der Waals surface area (Å²) in [6.45, 7) is 8.14. The summed E-state index contributed by atoms with van der Waals surface area (Å²) in [6, 6.07) is 24.2. The molecule has 1 atom stereocenters. The zero-order valence-electron chi connectivity index (χ0n) is 26.8. The van der Waals surface area contributed by atoms with Crippen LogP contribution < -0.4 is 10.6 Å². The maximum atomic E-state index is 13.3. The summed E-state index contributed by atoms with van der Waals surface area (Å²) in [7, 11) is 0. The molecule has 45 heavy (non-hydrogen) atoms. The molecule has 1 aliphatic rings. The third-order valence-electron chi connectivity index (χ3n) is 8.02. The van der Waals surface area contributed by atoms with E-state index in [1.165, 1.54) is 12.1 Å². The number of carbonyl (C=O) groups is 2. The summed E-state index contributed by atoms with van der Waals surface area (Å²) in [6.07, 6.45) is 3.97. The van der Waals surface area contributed by atoms with E-state index in [1.54, 1.807) is 18.2 Å². The number of ether oxygens (including phenoxy) is 2. The zero-order valence-corrected chi connectivity index (χ0v) is 26.8. The lowest BCUT2D eigenvalue weighted by Gasteiger charge is -2.32. The lowest BCUT2D eigenvalue weighted by Crippen LogP contribution is -2.52. The predicted molar refractivity (Wildman–Crippen MR) is 172 cm³/mol. The van der Waals surface area contributed by atoms with Crippen molar-refractivity contribution in [3.8, 4) is 6.07 Å². The van der Waals surface area contributed by atoms with Crippen LogP contribution in [-0.2, 0) is 34.3 Å². The molecule has 7 nitrogen and oxygen atoms in total. The predicted octanol–water partition coefficient (Wildman–Crippen LogP) is 7.18. The summed E-state index contributed by atoms with van der Waals surface area (Å²) in [4.78, 5) is 26.1.